The van der Waals surface area contributed by atoms with Crippen LogP contribution in [0.4, 0.5) is 23.2 Å². The van der Waals surface area contributed by atoms with E-state index in [1.54, 1.807) is 6.92 Å². The first-order chi connectivity index (χ1) is 9.09. The van der Waals surface area contributed by atoms with E-state index in [1.165, 1.54) is 0 Å². The van der Waals surface area contributed by atoms with E-state index in [2.05, 4.69) is 5.32 Å². The molecule has 0 aliphatic carbocycles. The summed E-state index contributed by atoms with van der Waals surface area (Å²) in [6, 6.07) is 1.61. The Hall–Kier alpha value is -1.35. The van der Waals surface area contributed by atoms with Crippen LogP contribution >= 0.6 is 0 Å². The standard InChI is InChI=1S/C11H13F4NO3S/c1-7(4-5-17)16-9-3-2-8(12)6-10(9)20(18,19)11(13,14)15/h2-3,6-7,16-17H,4-5H2,1H3. The van der Waals surface area contributed by atoms with Gasteiger partial charge in [-0.2, -0.15) is 13.2 Å². The van der Waals surface area contributed by atoms with E-state index in [4.69, 9.17) is 5.11 Å². The van der Waals surface area contributed by atoms with Gasteiger partial charge in [-0.05, 0) is 31.5 Å². The minimum absolute atomic E-state index is 0.197. The van der Waals surface area contributed by atoms with Crippen LogP contribution in [0, 0.1) is 5.82 Å². The molecule has 0 aromatic heterocycles. The maximum absolute atomic E-state index is 13.1. The SMILES string of the molecule is CC(CCO)Nc1ccc(F)cc1S(=O)(=O)C(F)(F)F. The topological polar surface area (TPSA) is 66.4 Å². The van der Waals surface area contributed by atoms with Crippen molar-refractivity contribution in [3.8, 4) is 0 Å². The minimum Gasteiger partial charge on any atom is -0.396 e. The van der Waals surface area contributed by atoms with Crippen LogP contribution in [0.15, 0.2) is 23.1 Å². The van der Waals surface area contributed by atoms with Gasteiger partial charge in [-0.25, -0.2) is 12.8 Å². The van der Waals surface area contributed by atoms with Gasteiger partial charge in [0.05, 0.1) is 5.69 Å². The Kier molecular flexibility index (Phi) is 4.98. The van der Waals surface area contributed by atoms with E-state index in [0.29, 0.717) is 6.07 Å². The zero-order valence-corrected chi connectivity index (χ0v) is 11.2. The second-order valence-corrected chi connectivity index (χ2v) is 6.06. The van der Waals surface area contributed by atoms with Crippen LogP contribution in [-0.4, -0.2) is 31.7 Å². The molecule has 0 bridgehead atoms. The molecular formula is C11H13F4NO3S. The Morgan fingerprint density at radius 3 is 2.45 bits per heavy atom. The quantitative estimate of drug-likeness (QED) is 0.818. The first kappa shape index (κ1) is 16.7. The van der Waals surface area contributed by atoms with Gasteiger partial charge >= 0.3 is 5.51 Å². The Morgan fingerprint density at radius 2 is 1.95 bits per heavy atom. The fraction of sp³-hybridized carbons (Fsp3) is 0.455. The lowest BCUT2D eigenvalue weighted by molar-refractivity contribution is -0.0435. The summed E-state index contributed by atoms with van der Waals surface area (Å²) >= 11 is 0. The van der Waals surface area contributed by atoms with Crippen LogP contribution in [0.25, 0.3) is 0 Å². The zero-order chi connectivity index (χ0) is 15.6. The Bertz CT molecular complexity index is 572. The molecule has 0 spiro atoms. The van der Waals surface area contributed by atoms with Gasteiger partial charge in [-0.3, -0.25) is 0 Å². The normalized spacial score (nSPS) is 14.1. The smallest absolute Gasteiger partial charge is 0.396 e. The van der Waals surface area contributed by atoms with Crippen molar-refractivity contribution >= 4 is 15.5 Å². The highest BCUT2D eigenvalue weighted by molar-refractivity contribution is 7.92. The monoisotopic (exact) mass is 315 g/mol. The van der Waals surface area contributed by atoms with Crippen LogP contribution in [-0.2, 0) is 9.84 Å². The first-order valence-electron chi connectivity index (χ1n) is 5.58. The molecule has 0 saturated carbocycles. The van der Waals surface area contributed by atoms with Crippen LogP contribution in [0.2, 0.25) is 0 Å². The maximum atomic E-state index is 13.1. The molecule has 1 atom stereocenters. The summed E-state index contributed by atoms with van der Waals surface area (Å²) in [6.07, 6.45) is 0.197. The van der Waals surface area contributed by atoms with Crippen molar-refractivity contribution in [2.45, 2.75) is 29.8 Å². The highest BCUT2D eigenvalue weighted by Crippen LogP contribution is 2.35. The summed E-state index contributed by atoms with van der Waals surface area (Å²) < 4.78 is 73.4. The third-order valence-electron chi connectivity index (χ3n) is 2.50. The Morgan fingerprint density at radius 1 is 1.35 bits per heavy atom. The van der Waals surface area contributed by atoms with Crippen LogP contribution in [0.3, 0.4) is 0 Å². The number of aliphatic hydroxyl groups is 1. The summed E-state index contributed by atoms with van der Waals surface area (Å²) in [6.45, 7) is 1.32. The number of rotatable bonds is 5. The second kappa shape index (κ2) is 5.96. The number of sulfone groups is 1. The van der Waals surface area contributed by atoms with Crippen LogP contribution < -0.4 is 5.32 Å². The minimum atomic E-state index is -5.66. The van der Waals surface area contributed by atoms with Gasteiger partial charge < -0.3 is 10.4 Å². The lowest BCUT2D eigenvalue weighted by Crippen LogP contribution is -2.26. The summed E-state index contributed by atoms with van der Waals surface area (Å²) in [4.78, 5) is -1.17. The number of nitrogens with one attached hydrogen (secondary N) is 1. The molecular weight excluding hydrogens is 302 g/mol. The van der Waals surface area contributed by atoms with E-state index in [1.807, 2.05) is 0 Å². The van der Waals surface area contributed by atoms with Crippen molar-refractivity contribution in [1.29, 1.82) is 0 Å². The van der Waals surface area contributed by atoms with Crippen molar-refractivity contribution in [3.05, 3.63) is 24.0 Å². The third kappa shape index (κ3) is 3.60. The second-order valence-electron chi connectivity index (χ2n) is 4.15. The average Bonchev–Trinajstić information content (AvgIpc) is 2.30. The van der Waals surface area contributed by atoms with E-state index < -0.39 is 32.1 Å². The third-order valence-corrected chi connectivity index (χ3v) is 4.03. The average molecular weight is 315 g/mol. The predicted molar refractivity (Wildman–Crippen MR) is 64.4 cm³/mol. The summed E-state index contributed by atoms with van der Waals surface area (Å²) in [5.74, 6) is -1.09. The predicted octanol–water partition coefficient (Wildman–Crippen LogP) is 2.30. The number of aliphatic hydroxyl groups excluding tert-OH is 1. The molecule has 9 heteroatoms. The van der Waals surface area contributed by atoms with Gasteiger partial charge in [0, 0.05) is 12.6 Å². The first-order valence-corrected chi connectivity index (χ1v) is 7.06. The van der Waals surface area contributed by atoms with Gasteiger partial charge in [0.2, 0.25) is 0 Å². The number of hydrogen-bond donors (Lipinski definition) is 2. The van der Waals surface area contributed by atoms with Crippen LogP contribution in [0.1, 0.15) is 13.3 Å². The summed E-state index contributed by atoms with van der Waals surface area (Å²) in [5, 5.41) is 11.2. The molecule has 114 valence electrons. The zero-order valence-electron chi connectivity index (χ0n) is 10.4. The molecule has 20 heavy (non-hydrogen) atoms. The molecule has 0 saturated heterocycles. The summed E-state index contributed by atoms with van der Waals surface area (Å²) in [5.41, 5.74) is -5.87. The molecule has 0 radical (unpaired) electrons. The van der Waals surface area contributed by atoms with Crippen molar-refractivity contribution in [2.24, 2.45) is 0 Å². The highest BCUT2D eigenvalue weighted by atomic mass is 32.2. The number of benzene rings is 1. The molecule has 0 aliphatic rings. The fourth-order valence-electron chi connectivity index (χ4n) is 1.49. The van der Waals surface area contributed by atoms with Crippen molar-refractivity contribution in [3.63, 3.8) is 0 Å². The van der Waals surface area contributed by atoms with Crippen molar-refractivity contribution in [1.82, 2.24) is 0 Å². The van der Waals surface area contributed by atoms with E-state index in [-0.39, 0.29) is 18.7 Å². The number of alkyl halides is 3. The molecule has 4 nitrogen and oxygen atoms in total. The van der Waals surface area contributed by atoms with Crippen molar-refractivity contribution < 1.29 is 31.1 Å². The molecule has 0 aliphatic heterocycles. The van der Waals surface area contributed by atoms with Gasteiger partial charge in [0.25, 0.3) is 9.84 Å². The maximum Gasteiger partial charge on any atom is 0.501 e. The molecule has 0 amide bonds. The highest BCUT2D eigenvalue weighted by Gasteiger charge is 2.48. The lowest BCUT2D eigenvalue weighted by atomic mass is 10.2. The molecule has 2 N–H and O–H groups in total. The van der Waals surface area contributed by atoms with Gasteiger partial charge in [-0.15, -0.1) is 0 Å². The van der Waals surface area contributed by atoms with E-state index in [9.17, 15) is 26.0 Å². The van der Waals surface area contributed by atoms with Crippen LogP contribution in [0.5, 0.6) is 0 Å². The molecule has 1 unspecified atom stereocenters. The number of hydrogen-bond acceptors (Lipinski definition) is 4. The lowest BCUT2D eigenvalue weighted by Gasteiger charge is -2.18. The Balaban J connectivity index is 3.29. The molecule has 1 aromatic rings. The van der Waals surface area contributed by atoms with E-state index >= 15 is 0 Å². The van der Waals surface area contributed by atoms with Gasteiger partial charge in [0.15, 0.2) is 0 Å². The Labute approximate surface area is 113 Å². The van der Waals surface area contributed by atoms with Gasteiger partial charge in [-0.1, -0.05) is 0 Å². The number of anilines is 1. The van der Waals surface area contributed by atoms with Crippen molar-refractivity contribution in [2.75, 3.05) is 11.9 Å². The molecule has 1 rings (SSSR count). The summed E-state index contributed by atoms with van der Waals surface area (Å²) in [7, 11) is -5.66. The van der Waals surface area contributed by atoms with Gasteiger partial charge in [0.1, 0.15) is 10.7 Å². The molecule has 0 heterocycles. The molecule has 0 fully saturated rings. The largest absolute Gasteiger partial charge is 0.501 e. The fourth-order valence-corrected chi connectivity index (χ4v) is 2.43. The molecule has 1 aromatic carbocycles. The van der Waals surface area contributed by atoms with E-state index in [0.717, 1.165) is 12.1 Å². The number of halogens is 4.